The van der Waals surface area contributed by atoms with Crippen LogP contribution in [0.15, 0.2) is 30.5 Å². The minimum atomic E-state index is -0.321. The molecule has 1 aromatic heterocycles. The SMILES string of the molecule is CCOC(=O)c1cnc2ccc(C(C)(C)C)cc2c1. The van der Waals surface area contributed by atoms with Gasteiger partial charge in [-0.3, -0.25) is 4.98 Å². The van der Waals surface area contributed by atoms with Crippen molar-refractivity contribution in [3.63, 3.8) is 0 Å². The van der Waals surface area contributed by atoms with Crippen LogP contribution in [0.4, 0.5) is 0 Å². The van der Waals surface area contributed by atoms with Gasteiger partial charge in [0.05, 0.1) is 17.7 Å². The second-order valence-corrected chi connectivity index (χ2v) is 5.60. The van der Waals surface area contributed by atoms with E-state index in [0.717, 1.165) is 10.9 Å². The monoisotopic (exact) mass is 257 g/mol. The molecule has 0 N–H and O–H groups in total. The molecule has 0 saturated carbocycles. The van der Waals surface area contributed by atoms with Gasteiger partial charge in [0.1, 0.15) is 0 Å². The van der Waals surface area contributed by atoms with Gasteiger partial charge in [-0.15, -0.1) is 0 Å². The summed E-state index contributed by atoms with van der Waals surface area (Å²) in [5.41, 5.74) is 2.69. The van der Waals surface area contributed by atoms with Crippen molar-refractivity contribution in [3.8, 4) is 0 Å². The van der Waals surface area contributed by atoms with E-state index in [1.165, 1.54) is 5.56 Å². The normalized spacial score (nSPS) is 11.6. The number of benzene rings is 1. The molecule has 2 rings (SSSR count). The van der Waals surface area contributed by atoms with Gasteiger partial charge in [-0.05, 0) is 36.1 Å². The number of pyridine rings is 1. The number of carbonyl (C=O) groups is 1. The van der Waals surface area contributed by atoms with E-state index in [1.807, 2.05) is 12.1 Å². The van der Waals surface area contributed by atoms with E-state index in [1.54, 1.807) is 13.1 Å². The van der Waals surface area contributed by atoms with Crippen LogP contribution in [0, 0.1) is 0 Å². The second-order valence-electron chi connectivity index (χ2n) is 5.60. The van der Waals surface area contributed by atoms with E-state index in [-0.39, 0.29) is 11.4 Å². The number of rotatable bonds is 2. The number of fused-ring (bicyclic) bond motifs is 1. The maximum atomic E-state index is 11.7. The first-order valence-electron chi connectivity index (χ1n) is 6.49. The number of aromatic nitrogens is 1. The lowest BCUT2D eigenvalue weighted by atomic mass is 9.86. The lowest BCUT2D eigenvalue weighted by Gasteiger charge is -2.19. The fourth-order valence-corrected chi connectivity index (χ4v) is 1.92. The van der Waals surface area contributed by atoms with Gasteiger partial charge in [0.2, 0.25) is 0 Å². The van der Waals surface area contributed by atoms with Gasteiger partial charge >= 0.3 is 5.97 Å². The van der Waals surface area contributed by atoms with Crippen LogP contribution >= 0.6 is 0 Å². The van der Waals surface area contributed by atoms with E-state index in [4.69, 9.17) is 4.74 Å². The van der Waals surface area contributed by atoms with Crippen LogP contribution in [0.1, 0.15) is 43.6 Å². The summed E-state index contributed by atoms with van der Waals surface area (Å²) in [5, 5.41) is 0.970. The zero-order valence-electron chi connectivity index (χ0n) is 11.9. The quantitative estimate of drug-likeness (QED) is 0.770. The summed E-state index contributed by atoms with van der Waals surface area (Å²) in [6.45, 7) is 8.66. The number of nitrogens with zero attached hydrogens (tertiary/aromatic N) is 1. The highest BCUT2D eigenvalue weighted by atomic mass is 16.5. The molecule has 3 nitrogen and oxygen atoms in total. The third-order valence-corrected chi connectivity index (χ3v) is 3.06. The Bertz CT molecular complexity index is 612. The summed E-state index contributed by atoms with van der Waals surface area (Å²) < 4.78 is 5.00. The first kappa shape index (κ1) is 13.5. The average molecular weight is 257 g/mol. The van der Waals surface area contributed by atoms with Crippen molar-refractivity contribution >= 4 is 16.9 Å². The Labute approximate surface area is 113 Å². The third kappa shape index (κ3) is 2.92. The summed E-state index contributed by atoms with van der Waals surface area (Å²) in [6.07, 6.45) is 1.57. The Hall–Kier alpha value is -1.90. The topological polar surface area (TPSA) is 39.2 Å². The van der Waals surface area contributed by atoms with Crippen LogP contribution in [0.5, 0.6) is 0 Å². The maximum Gasteiger partial charge on any atom is 0.339 e. The molecule has 1 aromatic carbocycles. The van der Waals surface area contributed by atoms with Gasteiger partial charge in [0.15, 0.2) is 0 Å². The molecular weight excluding hydrogens is 238 g/mol. The number of hydrogen-bond acceptors (Lipinski definition) is 3. The van der Waals surface area contributed by atoms with Crippen LogP contribution in [-0.2, 0) is 10.2 Å². The van der Waals surface area contributed by atoms with Crippen LogP contribution < -0.4 is 0 Å². The van der Waals surface area contributed by atoms with Gasteiger partial charge in [0, 0.05) is 11.6 Å². The highest BCUT2D eigenvalue weighted by Crippen LogP contribution is 2.25. The van der Waals surface area contributed by atoms with Crippen molar-refractivity contribution in [2.24, 2.45) is 0 Å². The Balaban J connectivity index is 2.48. The van der Waals surface area contributed by atoms with Crippen molar-refractivity contribution in [3.05, 3.63) is 41.6 Å². The molecule has 1 heterocycles. The van der Waals surface area contributed by atoms with Gasteiger partial charge in [-0.2, -0.15) is 0 Å². The smallest absolute Gasteiger partial charge is 0.339 e. The molecule has 0 radical (unpaired) electrons. The van der Waals surface area contributed by atoms with E-state index in [9.17, 15) is 4.79 Å². The van der Waals surface area contributed by atoms with Crippen LogP contribution in [0.2, 0.25) is 0 Å². The van der Waals surface area contributed by atoms with E-state index < -0.39 is 0 Å². The molecule has 0 spiro atoms. The lowest BCUT2D eigenvalue weighted by molar-refractivity contribution is 0.0526. The molecule has 3 heteroatoms. The Morgan fingerprint density at radius 2 is 2.00 bits per heavy atom. The number of carbonyl (C=O) groups excluding carboxylic acids is 1. The molecule has 0 aliphatic heterocycles. The van der Waals surface area contributed by atoms with Gasteiger partial charge < -0.3 is 4.74 Å². The molecular formula is C16H19NO2. The summed E-state index contributed by atoms with van der Waals surface area (Å²) in [4.78, 5) is 16.0. The number of hydrogen-bond donors (Lipinski definition) is 0. The van der Waals surface area contributed by atoms with Crippen LogP contribution in [0.25, 0.3) is 10.9 Å². The van der Waals surface area contributed by atoms with Crippen LogP contribution in [-0.4, -0.2) is 17.6 Å². The summed E-state index contributed by atoms with van der Waals surface area (Å²) in [7, 11) is 0. The third-order valence-electron chi connectivity index (χ3n) is 3.06. The molecule has 0 amide bonds. The van der Waals surface area contributed by atoms with Crippen molar-refractivity contribution < 1.29 is 9.53 Å². The highest BCUT2D eigenvalue weighted by molar-refractivity contribution is 5.93. The van der Waals surface area contributed by atoms with Gasteiger partial charge in [0.25, 0.3) is 0 Å². The molecule has 0 aliphatic carbocycles. The Morgan fingerprint density at radius 1 is 1.26 bits per heavy atom. The largest absolute Gasteiger partial charge is 0.462 e. The predicted octanol–water partition coefficient (Wildman–Crippen LogP) is 3.71. The Kier molecular flexibility index (Phi) is 3.56. The maximum absolute atomic E-state index is 11.7. The molecule has 0 aliphatic rings. The van der Waals surface area contributed by atoms with Crippen molar-refractivity contribution in [1.29, 1.82) is 0 Å². The van der Waals surface area contributed by atoms with E-state index in [2.05, 4.69) is 37.9 Å². The van der Waals surface area contributed by atoms with E-state index >= 15 is 0 Å². The molecule has 0 fully saturated rings. The standard InChI is InChI=1S/C16H19NO2/c1-5-19-15(18)12-8-11-9-13(16(2,3)4)6-7-14(11)17-10-12/h6-10H,5H2,1-4H3. The Morgan fingerprint density at radius 3 is 2.63 bits per heavy atom. The number of esters is 1. The van der Waals surface area contributed by atoms with Crippen LogP contribution in [0.3, 0.4) is 0 Å². The number of ether oxygens (including phenoxy) is 1. The zero-order valence-corrected chi connectivity index (χ0v) is 11.9. The van der Waals surface area contributed by atoms with E-state index in [0.29, 0.717) is 12.2 Å². The minimum absolute atomic E-state index is 0.0775. The van der Waals surface area contributed by atoms with Crippen molar-refractivity contribution in [2.75, 3.05) is 6.61 Å². The van der Waals surface area contributed by atoms with Gasteiger partial charge in [-0.25, -0.2) is 4.79 Å². The summed E-state index contributed by atoms with van der Waals surface area (Å²) in [5.74, 6) is -0.321. The van der Waals surface area contributed by atoms with Crippen molar-refractivity contribution in [2.45, 2.75) is 33.1 Å². The summed E-state index contributed by atoms with van der Waals surface area (Å²) in [6, 6.07) is 8.00. The second kappa shape index (κ2) is 5.00. The first-order chi connectivity index (χ1) is 8.91. The fraction of sp³-hybridized carbons (Fsp3) is 0.375. The van der Waals surface area contributed by atoms with Gasteiger partial charge in [-0.1, -0.05) is 26.8 Å². The highest BCUT2D eigenvalue weighted by Gasteiger charge is 2.15. The molecule has 19 heavy (non-hydrogen) atoms. The molecule has 2 aromatic rings. The lowest BCUT2D eigenvalue weighted by Crippen LogP contribution is -2.11. The molecule has 0 atom stereocenters. The summed E-state index contributed by atoms with van der Waals surface area (Å²) >= 11 is 0. The zero-order chi connectivity index (χ0) is 14.0. The minimum Gasteiger partial charge on any atom is -0.462 e. The molecule has 0 bridgehead atoms. The van der Waals surface area contributed by atoms with Crippen molar-refractivity contribution in [1.82, 2.24) is 4.98 Å². The average Bonchev–Trinajstić information content (AvgIpc) is 2.36. The first-order valence-corrected chi connectivity index (χ1v) is 6.49. The molecule has 0 unspecified atom stereocenters. The molecule has 100 valence electrons. The molecule has 0 saturated heterocycles. The predicted molar refractivity (Wildman–Crippen MR) is 76.4 cm³/mol. The fourth-order valence-electron chi connectivity index (χ4n) is 1.92.